The van der Waals surface area contributed by atoms with Gasteiger partial charge < -0.3 is 14.6 Å². The molecule has 0 saturated carbocycles. The zero-order valence-corrected chi connectivity index (χ0v) is 20.2. The fourth-order valence-electron chi connectivity index (χ4n) is 3.19. The molecule has 0 aliphatic rings. The van der Waals surface area contributed by atoms with E-state index in [0.29, 0.717) is 35.2 Å². The summed E-state index contributed by atoms with van der Waals surface area (Å²) in [6, 6.07) is 11.7. The van der Waals surface area contributed by atoms with E-state index in [0.717, 1.165) is 22.6 Å². The molecule has 8 heteroatoms. The molecule has 1 N–H and O–H groups in total. The largest absolute Gasteiger partial charge is 0.452 e. The third kappa shape index (κ3) is 6.92. The van der Waals surface area contributed by atoms with Crippen LogP contribution in [-0.2, 0) is 21.7 Å². The van der Waals surface area contributed by atoms with Crippen molar-refractivity contribution in [2.24, 2.45) is 0 Å². The van der Waals surface area contributed by atoms with Crippen molar-refractivity contribution in [3.63, 3.8) is 0 Å². The van der Waals surface area contributed by atoms with Gasteiger partial charge in [0.2, 0.25) is 0 Å². The van der Waals surface area contributed by atoms with Crippen molar-refractivity contribution in [3.05, 3.63) is 76.3 Å². The molecular weight excluding hydrogens is 438 g/mol. The van der Waals surface area contributed by atoms with Crippen LogP contribution in [0.1, 0.15) is 58.3 Å². The first kappa shape index (κ1) is 24.5. The number of aromatic nitrogens is 2. The van der Waals surface area contributed by atoms with E-state index in [1.54, 1.807) is 18.3 Å². The van der Waals surface area contributed by atoms with Crippen LogP contribution in [0.15, 0.2) is 52.1 Å². The molecule has 1 aromatic carbocycles. The molecule has 0 spiro atoms. The van der Waals surface area contributed by atoms with E-state index in [4.69, 9.17) is 9.26 Å². The fraction of sp³-hybridized carbons (Fsp3) is 0.360. The Hall–Kier alpha value is -3.13. The Kier molecular flexibility index (Phi) is 8.65. The minimum absolute atomic E-state index is 0.326. The number of amides is 1. The number of hydrogen-bond donors (Lipinski definition) is 1. The lowest BCUT2D eigenvalue weighted by Gasteiger charge is -2.10. The fourth-order valence-corrected chi connectivity index (χ4v) is 4.32. The van der Waals surface area contributed by atoms with Crippen LogP contribution in [-0.4, -0.2) is 35.2 Å². The van der Waals surface area contributed by atoms with Gasteiger partial charge in [-0.1, -0.05) is 43.3 Å². The van der Waals surface area contributed by atoms with Crippen molar-refractivity contribution in [1.29, 1.82) is 0 Å². The molecule has 0 aliphatic heterocycles. The molecule has 0 aliphatic carbocycles. The molecule has 3 aromatic rings. The van der Waals surface area contributed by atoms with Crippen LogP contribution >= 0.6 is 11.8 Å². The molecule has 174 valence electrons. The zero-order chi connectivity index (χ0) is 23.8. The summed E-state index contributed by atoms with van der Waals surface area (Å²) in [5, 5.41) is 7.27. The SMILES string of the molecule is Cc1noc(C)c1CSc1ncccc1C(=O)OCC(=O)NCCc1ccc(C(C)C)cc1. The first-order valence-electron chi connectivity index (χ1n) is 10.9. The number of carbonyl (C=O) groups excluding carboxylic acids is 2. The third-order valence-electron chi connectivity index (χ3n) is 5.24. The van der Waals surface area contributed by atoms with Crippen LogP contribution in [0.25, 0.3) is 0 Å². The molecule has 0 bridgehead atoms. The standard InChI is InChI=1S/C25H29N3O4S/c1-16(2)20-9-7-19(8-10-20)11-13-26-23(29)14-31-25(30)21-6-5-12-27-24(21)33-15-22-17(3)28-32-18(22)4/h5-10,12,16H,11,13-15H2,1-4H3,(H,26,29). The Balaban J connectivity index is 1.46. The topological polar surface area (TPSA) is 94.3 Å². The van der Waals surface area contributed by atoms with Crippen molar-refractivity contribution in [3.8, 4) is 0 Å². The van der Waals surface area contributed by atoms with Crippen LogP contribution in [0.3, 0.4) is 0 Å². The molecule has 7 nitrogen and oxygen atoms in total. The summed E-state index contributed by atoms with van der Waals surface area (Å²) >= 11 is 1.40. The number of rotatable bonds is 10. The molecule has 2 aromatic heterocycles. The highest BCUT2D eigenvalue weighted by Gasteiger charge is 2.17. The van der Waals surface area contributed by atoms with Gasteiger partial charge in [-0.3, -0.25) is 4.79 Å². The predicted molar refractivity (Wildman–Crippen MR) is 127 cm³/mol. The van der Waals surface area contributed by atoms with E-state index in [1.165, 1.54) is 17.3 Å². The highest BCUT2D eigenvalue weighted by molar-refractivity contribution is 7.98. The summed E-state index contributed by atoms with van der Waals surface area (Å²) in [5.74, 6) is 0.882. The van der Waals surface area contributed by atoms with Crippen LogP contribution < -0.4 is 5.32 Å². The van der Waals surface area contributed by atoms with E-state index in [-0.39, 0.29) is 12.5 Å². The molecule has 2 heterocycles. The van der Waals surface area contributed by atoms with E-state index < -0.39 is 5.97 Å². The quantitative estimate of drug-likeness (QED) is 0.343. The number of hydrogen-bond acceptors (Lipinski definition) is 7. The smallest absolute Gasteiger partial charge is 0.341 e. The Labute approximate surface area is 198 Å². The van der Waals surface area contributed by atoms with Crippen LogP contribution in [0.4, 0.5) is 0 Å². The summed E-state index contributed by atoms with van der Waals surface area (Å²) in [4.78, 5) is 29.0. The number of aryl methyl sites for hydroxylation is 2. The van der Waals surface area contributed by atoms with E-state index >= 15 is 0 Å². The Morgan fingerprint density at radius 2 is 1.91 bits per heavy atom. The molecule has 33 heavy (non-hydrogen) atoms. The first-order valence-corrected chi connectivity index (χ1v) is 11.9. The maximum atomic E-state index is 12.6. The molecule has 0 unspecified atom stereocenters. The summed E-state index contributed by atoms with van der Waals surface area (Å²) in [5.41, 5.74) is 4.55. The van der Waals surface area contributed by atoms with Gasteiger partial charge in [-0.2, -0.15) is 0 Å². The Morgan fingerprint density at radius 3 is 2.58 bits per heavy atom. The van der Waals surface area contributed by atoms with Gasteiger partial charge in [0.05, 0.1) is 11.3 Å². The van der Waals surface area contributed by atoms with Crippen molar-refractivity contribution < 1.29 is 18.8 Å². The average Bonchev–Trinajstić information content (AvgIpc) is 3.13. The number of carbonyl (C=O) groups is 2. The number of thioether (sulfide) groups is 1. The lowest BCUT2D eigenvalue weighted by atomic mass is 10.0. The van der Waals surface area contributed by atoms with Crippen molar-refractivity contribution >= 4 is 23.6 Å². The maximum Gasteiger partial charge on any atom is 0.341 e. The molecule has 0 saturated heterocycles. The van der Waals surface area contributed by atoms with Gasteiger partial charge in [-0.15, -0.1) is 11.8 Å². The monoisotopic (exact) mass is 467 g/mol. The summed E-state index contributed by atoms with van der Waals surface area (Å²) in [6.45, 7) is 8.17. The molecule has 0 fully saturated rings. The molecular formula is C25H29N3O4S. The van der Waals surface area contributed by atoms with E-state index in [1.807, 2.05) is 13.8 Å². The van der Waals surface area contributed by atoms with Gasteiger partial charge in [-0.05, 0) is 49.4 Å². The number of esters is 1. The number of ether oxygens (including phenoxy) is 1. The highest BCUT2D eigenvalue weighted by Crippen LogP contribution is 2.27. The molecule has 0 atom stereocenters. The minimum Gasteiger partial charge on any atom is -0.452 e. The molecule has 0 radical (unpaired) electrons. The van der Waals surface area contributed by atoms with Gasteiger partial charge in [0.25, 0.3) is 5.91 Å². The number of pyridine rings is 1. The minimum atomic E-state index is -0.580. The lowest BCUT2D eigenvalue weighted by molar-refractivity contribution is -0.124. The summed E-state index contributed by atoms with van der Waals surface area (Å²) in [7, 11) is 0. The van der Waals surface area contributed by atoms with Gasteiger partial charge in [-0.25, -0.2) is 9.78 Å². The second-order valence-electron chi connectivity index (χ2n) is 8.02. The van der Waals surface area contributed by atoms with Crippen LogP contribution in [0.5, 0.6) is 0 Å². The normalized spacial score (nSPS) is 10.9. The number of benzene rings is 1. The third-order valence-corrected chi connectivity index (χ3v) is 6.27. The molecule has 1 amide bonds. The van der Waals surface area contributed by atoms with Gasteiger partial charge in [0.1, 0.15) is 10.8 Å². The van der Waals surface area contributed by atoms with Crippen LogP contribution in [0.2, 0.25) is 0 Å². The zero-order valence-electron chi connectivity index (χ0n) is 19.4. The Morgan fingerprint density at radius 1 is 1.15 bits per heavy atom. The number of nitrogens with one attached hydrogen (secondary N) is 1. The van der Waals surface area contributed by atoms with Crippen molar-refractivity contribution in [2.75, 3.05) is 13.2 Å². The van der Waals surface area contributed by atoms with E-state index in [9.17, 15) is 9.59 Å². The van der Waals surface area contributed by atoms with Crippen LogP contribution in [0, 0.1) is 13.8 Å². The number of nitrogens with zero attached hydrogens (tertiary/aromatic N) is 2. The van der Waals surface area contributed by atoms with Gasteiger partial charge in [0, 0.05) is 24.1 Å². The van der Waals surface area contributed by atoms with Gasteiger partial charge >= 0.3 is 5.97 Å². The lowest BCUT2D eigenvalue weighted by Crippen LogP contribution is -2.30. The second-order valence-corrected chi connectivity index (χ2v) is 8.98. The summed E-state index contributed by atoms with van der Waals surface area (Å²) < 4.78 is 10.4. The molecule has 3 rings (SSSR count). The van der Waals surface area contributed by atoms with E-state index in [2.05, 4.69) is 53.6 Å². The Bertz CT molecular complexity index is 1070. The maximum absolute atomic E-state index is 12.6. The summed E-state index contributed by atoms with van der Waals surface area (Å²) in [6.07, 6.45) is 2.33. The second kappa shape index (κ2) is 11.7. The average molecular weight is 468 g/mol. The van der Waals surface area contributed by atoms with Crippen molar-refractivity contribution in [1.82, 2.24) is 15.5 Å². The predicted octanol–water partition coefficient (Wildman–Crippen LogP) is 4.62. The van der Waals surface area contributed by atoms with Crippen molar-refractivity contribution in [2.45, 2.75) is 50.8 Å². The highest BCUT2D eigenvalue weighted by atomic mass is 32.2. The first-order chi connectivity index (χ1) is 15.8. The van der Waals surface area contributed by atoms with Gasteiger partial charge in [0.15, 0.2) is 6.61 Å².